The van der Waals surface area contributed by atoms with Crippen molar-refractivity contribution >= 4 is 17.5 Å². The number of likely N-dealkylation sites (tertiary alicyclic amines) is 1. The molecule has 3 aliphatic heterocycles. The molecule has 1 unspecified atom stereocenters. The molecule has 2 aromatic rings. The Kier molecular flexibility index (Phi) is 6.95. The van der Waals surface area contributed by atoms with Crippen molar-refractivity contribution in [3.05, 3.63) is 55.0 Å². The number of aromatic nitrogens is 1. The highest BCUT2D eigenvalue weighted by molar-refractivity contribution is 6.34. The van der Waals surface area contributed by atoms with Crippen LogP contribution in [0.3, 0.4) is 0 Å². The van der Waals surface area contributed by atoms with E-state index in [1.54, 1.807) is 4.90 Å². The molecule has 0 spiro atoms. The summed E-state index contributed by atoms with van der Waals surface area (Å²) in [5.74, 6) is 0.543. The van der Waals surface area contributed by atoms with Crippen LogP contribution in [0.5, 0.6) is 11.5 Å². The maximum Gasteiger partial charge on any atom is 0.254 e. The van der Waals surface area contributed by atoms with E-state index in [4.69, 9.17) is 21.1 Å². The number of aromatic amines is 1. The number of H-pyrrole nitrogens is 1. The molecule has 8 heteroatoms. The van der Waals surface area contributed by atoms with Crippen LogP contribution in [0.25, 0.3) is 0 Å². The molecule has 7 nitrogen and oxygen atoms in total. The monoisotopic (exact) mass is 553 g/mol. The number of rotatable bonds is 4. The van der Waals surface area contributed by atoms with Gasteiger partial charge in [-0.25, -0.2) is 0 Å². The maximum absolute atomic E-state index is 13.8. The van der Waals surface area contributed by atoms with Crippen LogP contribution in [-0.2, 0) is 13.0 Å². The lowest BCUT2D eigenvalue weighted by Gasteiger charge is -2.42. The van der Waals surface area contributed by atoms with Gasteiger partial charge >= 0.3 is 0 Å². The van der Waals surface area contributed by atoms with Gasteiger partial charge in [0.15, 0.2) is 11.5 Å². The normalized spacial score (nSPS) is 27.1. The van der Waals surface area contributed by atoms with Crippen molar-refractivity contribution in [2.75, 3.05) is 19.6 Å². The lowest BCUT2D eigenvalue weighted by atomic mass is 9.80. The number of amides is 1. The number of benzene rings is 1. The smallest absolute Gasteiger partial charge is 0.254 e. The van der Waals surface area contributed by atoms with E-state index in [0.717, 1.165) is 48.1 Å². The van der Waals surface area contributed by atoms with Crippen LogP contribution in [-0.4, -0.2) is 52.2 Å². The molecule has 1 aromatic carbocycles. The zero-order valence-electron chi connectivity index (χ0n) is 23.6. The first-order chi connectivity index (χ1) is 18.7. The lowest BCUT2D eigenvalue weighted by molar-refractivity contribution is -0.124. The molecular formula is C31H40ClN3O4. The Hall–Kier alpha value is -2.51. The van der Waals surface area contributed by atoms with Crippen LogP contribution < -0.4 is 15.0 Å². The number of carbonyl (C=O) groups is 1. The van der Waals surface area contributed by atoms with E-state index in [1.807, 2.05) is 33.8 Å². The summed E-state index contributed by atoms with van der Waals surface area (Å²) < 4.78 is 13.2. The first-order valence-electron chi connectivity index (χ1n) is 14.6. The largest absolute Gasteiger partial charge is 0.448 e. The zero-order valence-corrected chi connectivity index (χ0v) is 24.4. The van der Waals surface area contributed by atoms with Gasteiger partial charge in [-0.05, 0) is 96.0 Å². The number of hydrogen-bond acceptors (Lipinski definition) is 5. The molecule has 1 aromatic heterocycles. The summed E-state index contributed by atoms with van der Waals surface area (Å²) >= 11 is 6.94. The van der Waals surface area contributed by atoms with Crippen molar-refractivity contribution in [1.29, 1.82) is 0 Å². The van der Waals surface area contributed by atoms with E-state index in [9.17, 15) is 9.59 Å². The Morgan fingerprint density at radius 1 is 1.00 bits per heavy atom. The van der Waals surface area contributed by atoms with Crippen LogP contribution in [0.1, 0.15) is 90.2 Å². The summed E-state index contributed by atoms with van der Waals surface area (Å²) in [6.45, 7) is 11.0. The minimum Gasteiger partial charge on any atom is -0.448 e. The molecule has 1 atom stereocenters. The molecular weight excluding hydrogens is 514 g/mol. The molecule has 1 amide bonds. The quantitative estimate of drug-likeness (QED) is 0.527. The van der Waals surface area contributed by atoms with E-state index in [2.05, 4.69) is 9.88 Å². The van der Waals surface area contributed by atoms with E-state index >= 15 is 0 Å². The third-order valence-corrected chi connectivity index (χ3v) is 10.0. The third-order valence-electron chi connectivity index (χ3n) is 9.62. The van der Waals surface area contributed by atoms with Crippen LogP contribution >= 0.6 is 11.6 Å². The Balaban J connectivity index is 1.22. The second-order valence-corrected chi connectivity index (χ2v) is 12.6. The summed E-state index contributed by atoms with van der Waals surface area (Å²) in [4.78, 5) is 33.7. The van der Waals surface area contributed by atoms with Crippen molar-refractivity contribution in [3.63, 3.8) is 0 Å². The van der Waals surface area contributed by atoms with Gasteiger partial charge < -0.3 is 24.3 Å². The van der Waals surface area contributed by atoms with Gasteiger partial charge in [0.1, 0.15) is 0 Å². The van der Waals surface area contributed by atoms with E-state index < -0.39 is 5.79 Å². The SMILES string of the molecule is Cc1cc(C)c(CN2CCc3c(Cl)c4c(c(C)c3C2=O)OC(C)([C@H]2CC[C@H](N3CCCCC3)CC2)O4)c(=O)[nH]1. The number of nitrogens with one attached hydrogen (secondary N) is 1. The predicted octanol–water partition coefficient (Wildman–Crippen LogP) is 5.68. The highest BCUT2D eigenvalue weighted by atomic mass is 35.5. The minimum atomic E-state index is -0.789. The Bertz CT molecular complexity index is 1360. The van der Waals surface area contributed by atoms with Gasteiger partial charge in [-0.1, -0.05) is 18.0 Å². The molecule has 4 aliphatic rings. The van der Waals surface area contributed by atoms with E-state index in [1.165, 1.54) is 32.4 Å². The minimum absolute atomic E-state index is 0.114. The van der Waals surface area contributed by atoms with Gasteiger partial charge in [-0.3, -0.25) is 9.59 Å². The number of carbonyl (C=O) groups excluding carboxylic acids is 1. The summed E-state index contributed by atoms with van der Waals surface area (Å²) in [5.41, 5.74) is 4.38. The first kappa shape index (κ1) is 26.7. The predicted molar refractivity (Wildman–Crippen MR) is 152 cm³/mol. The van der Waals surface area contributed by atoms with Crippen molar-refractivity contribution in [1.82, 2.24) is 14.8 Å². The van der Waals surface area contributed by atoms with Gasteiger partial charge in [0.25, 0.3) is 17.3 Å². The van der Waals surface area contributed by atoms with Crippen LogP contribution in [0.2, 0.25) is 5.02 Å². The number of pyridine rings is 1. The standard InChI is InChI=1S/C31H40ClN3O4/c1-18-16-19(2)33-29(36)24(18)17-35-15-12-23-25(30(35)37)20(3)27-28(26(23)32)39-31(4,38-27)21-8-10-22(11-9-21)34-13-6-5-7-14-34/h16,21-22H,5-15,17H2,1-4H3,(H,33,36)/t21-,22-,31?. The average molecular weight is 554 g/mol. The Morgan fingerprint density at radius 3 is 2.38 bits per heavy atom. The highest BCUT2D eigenvalue weighted by Gasteiger charge is 2.49. The Labute approximate surface area is 235 Å². The first-order valence-corrected chi connectivity index (χ1v) is 15.0. The Morgan fingerprint density at radius 2 is 1.69 bits per heavy atom. The maximum atomic E-state index is 13.8. The molecule has 1 saturated heterocycles. The van der Waals surface area contributed by atoms with Crippen LogP contribution in [0, 0.1) is 26.7 Å². The van der Waals surface area contributed by atoms with E-state index in [0.29, 0.717) is 46.7 Å². The molecule has 1 aliphatic carbocycles. The summed E-state index contributed by atoms with van der Waals surface area (Å²) in [6, 6.07) is 2.61. The zero-order chi connectivity index (χ0) is 27.5. The molecule has 4 heterocycles. The van der Waals surface area contributed by atoms with Gasteiger partial charge in [0, 0.05) is 42.2 Å². The van der Waals surface area contributed by atoms with Crippen LogP contribution in [0.15, 0.2) is 10.9 Å². The number of fused-ring (bicyclic) bond motifs is 2. The molecule has 39 heavy (non-hydrogen) atoms. The topological polar surface area (TPSA) is 74.9 Å². The molecule has 6 rings (SSSR count). The van der Waals surface area contributed by atoms with Crippen molar-refractivity contribution in [3.8, 4) is 11.5 Å². The van der Waals surface area contributed by atoms with Crippen LogP contribution in [0.4, 0.5) is 0 Å². The number of aryl methyl sites for hydroxylation is 2. The fourth-order valence-electron chi connectivity index (χ4n) is 7.36. The summed E-state index contributed by atoms with van der Waals surface area (Å²) in [5, 5.41) is 0.494. The third kappa shape index (κ3) is 4.65. The van der Waals surface area contributed by atoms with E-state index in [-0.39, 0.29) is 23.9 Å². The van der Waals surface area contributed by atoms with Gasteiger partial charge in [0.2, 0.25) is 0 Å². The highest BCUT2D eigenvalue weighted by Crippen LogP contribution is 2.54. The van der Waals surface area contributed by atoms with Crippen molar-refractivity contribution in [2.24, 2.45) is 5.92 Å². The van der Waals surface area contributed by atoms with Gasteiger partial charge in [-0.2, -0.15) is 0 Å². The molecule has 1 saturated carbocycles. The van der Waals surface area contributed by atoms with Gasteiger partial charge in [0.05, 0.1) is 17.1 Å². The average Bonchev–Trinajstić information content (AvgIpc) is 3.30. The van der Waals surface area contributed by atoms with Crippen molar-refractivity contribution in [2.45, 2.75) is 97.4 Å². The lowest BCUT2D eigenvalue weighted by Crippen LogP contribution is -2.48. The molecule has 1 N–H and O–H groups in total. The molecule has 0 radical (unpaired) electrons. The summed E-state index contributed by atoms with van der Waals surface area (Å²) in [6.07, 6.45) is 9.04. The number of hydrogen-bond donors (Lipinski definition) is 1. The number of nitrogens with zero attached hydrogens (tertiary/aromatic N) is 2. The second-order valence-electron chi connectivity index (χ2n) is 12.2. The summed E-state index contributed by atoms with van der Waals surface area (Å²) in [7, 11) is 0. The fraction of sp³-hybridized carbons (Fsp3) is 0.613. The second kappa shape index (κ2) is 10.2. The number of ether oxygens (including phenoxy) is 2. The van der Waals surface area contributed by atoms with Crippen molar-refractivity contribution < 1.29 is 14.3 Å². The molecule has 210 valence electrons. The van der Waals surface area contributed by atoms with Gasteiger partial charge in [-0.15, -0.1) is 0 Å². The fourth-order valence-corrected chi connectivity index (χ4v) is 7.68. The number of halogens is 1. The molecule has 2 fully saturated rings. The number of piperidine rings is 1. The molecule has 0 bridgehead atoms.